The van der Waals surface area contributed by atoms with Crippen molar-refractivity contribution < 1.29 is 9.53 Å². The van der Waals surface area contributed by atoms with Gasteiger partial charge >= 0.3 is 6.03 Å². The zero-order valence-electron chi connectivity index (χ0n) is 15.0. The maximum atomic E-state index is 12.9. The average molecular weight is 344 g/mol. The summed E-state index contributed by atoms with van der Waals surface area (Å²) in [7, 11) is 1.77. The first-order chi connectivity index (χ1) is 12.2. The average Bonchev–Trinajstić information content (AvgIpc) is 3.27. The molecule has 1 atom stereocenters. The first kappa shape index (κ1) is 16.6. The Morgan fingerprint density at radius 2 is 2.24 bits per heavy atom. The molecule has 2 fully saturated rings. The second-order valence-electron chi connectivity index (χ2n) is 7.61. The number of nitrogens with one attached hydrogen (secondary N) is 1. The van der Waals surface area contributed by atoms with E-state index in [-0.39, 0.29) is 11.6 Å². The zero-order valence-corrected chi connectivity index (χ0v) is 15.0. The highest BCUT2D eigenvalue weighted by atomic mass is 16.5. The van der Waals surface area contributed by atoms with Gasteiger partial charge in [0.2, 0.25) is 0 Å². The van der Waals surface area contributed by atoms with Gasteiger partial charge in [0.1, 0.15) is 5.82 Å². The molecule has 1 aliphatic carbocycles. The Morgan fingerprint density at radius 1 is 1.40 bits per heavy atom. The van der Waals surface area contributed by atoms with Crippen LogP contribution in [-0.2, 0) is 11.3 Å². The lowest BCUT2D eigenvalue weighted by molar-refractivity contribution is -0.00201. The van der Waals surface area contributed by atoms with Crippen molar-refractivity contribution >= 4 is 11.8 Å². The molecule has 2 aliphatic heterocycles. The highest BCUT2D eigenvalue weighted by Crippen LogP contribution is 2.33. The number of nitrogens with zero attached hydrogens (tertiary/aromatic N) is 3. The normalized spacial score (nSPS) is 24.6. The van der Waals surface area contributed by atoms with Crippen LogP contribution in [0, 0.1) is 0 Å². The number of methoxy groups -OCH3 is 1. The van der Waals surface area contributed by atoms with E-state index in [2.05, 4.69) is 21.3 Å². The summed E-state index contributed by atoms with van der Waals surface area (Å²) < 4.78 is 5.74. The Kier molecular flexibility index (Phi) is 4.54. The van der Waals surface area contributed by atoms with Crippen LogP contribution in [0.3, 0.4) is 0 Å². The summed E-state index contributed by atoms with van der Waals surface area (Å²) in [5, 5.41) is 3.15. The third kappa shape index (κ3) is 3.19. The minimum atomic E-state index is -0.166. The molecule has 4 rings (SSSR count). The second-order valence-corrected chi connectivity index (χ2v) is 7.61. The van der Waals surface area contributed by atoms with Gasteiger partial charge in [-0.25, -0.2) is 9.78 Å². The number of urea groups is 1. The maximum Gasteiger partial charge on any atom is 0.317 e. The summed E-state index contributed by atoms with van der Waals surface area (Å²) >= 11 is 0. The topological polar surface area (TPSA) is 57.7 Å². The Morgan fingerprint density at radius 3 is 3.04 bits per heavy atom. The number of hydrogen-bond acceptors (Lipinski definition) is 4. The van der Waals surface area contributed by atoms with E-state index in [1.54, 1.807) is 7.11 Å². The van der Waals surface area contributed by atoms with E-state index in [0.29, 0.717) is 19.1 Å². The van der Waals surface area contributed by atoms with Crippen LogP contribution in [0.5, 0.6) is 0 Å². The molecule has 3 heterocycles. The second kappa shape index (κ2) is 6.83. The number of carbonyl (C=O) groups is 1. The van der Waals surface area contributed by atoms with Gasteiger partial charge in [0, 0.05) is 44.5 Å². The summed E-state index contributed by atoms with van der Waals surface area (Å²) in [4.78, 5) is 21.8. The van der Waals surface area contributed by atoms with Crippen LogP contribution in [0.2, 0.25) is 0 Å². The molecule has 2 amide bonds. The molecule has 0 radical (unpaired) electrons. The van der Waals surface area contributed by atoms with Crippen molar-refractivity contribution in [2.45, 2.75) is 56.7 Å². The van der Waals surface area contributed by atoms with Crippen LogP contribution in [0.1, 0.15) is 44.1 Å². The smallest absolute Gasteiger partial charge is 0.317 e. The van der Waals surface area contributed by atoms with E-state index in [1.165, 1.54) is 19.3 Å². The molecule has 1 aromatic heterocycles. The Bertz CT molecular complexity index is 630. The molecule has 1 saturated heterocycles. The summed E-state index contributed by atoms with van der Waals surface area (Å²) in [5.41, 5.74) is 0.977. The summed E-state index contributed by atoms with van der Waals surface area (Å²) in [5.74, 6) is 1.06. The van der Waals surface area contributed by atoms with Crippen LogP contribution in [0.15, 0.2) is 18.3 Å². The fourth-order valence-corrected chi connectivity index (χ4v) is 4.62. The van der Waals surface area contributed by atoms with Crippen LogP contribution < -0.4 is 10.2 Å². The van der Waals surface area contributed by atoms with Gasteiger partial charge < -0.3 is 19.9 Å². The minimum absolute atomic E-state index is 0.0203. The van der Waals surface area contributed by atoms with E-state index >= 15 is 0 Å². The first-order valence-electron chi connectivity index (χ1n) is 9.49. The van der Waals surface area contributed by atoms with Crippen LogP contribution >= 0.6 is 0 Å². The van der Waals surface area contributed by atoms with Gasteiger partial charge in [-0.2, -0.15) is 0 Å². The fraction of sp³-hybridized carbons (Fsp3) is 0.684. The molecule has 6 heteroatoms. The van der Waals surface area contributed by atoms with Crippen molar-refractivity contribution in [1.82, 2.24) is 15.2 Å². The van der Waals surface area contributed by atoms with Gasteiger partial charge in [-0.15, -0.1) is 0 Å². The van der Waals surface area contributed by atoms with Crippen LogP contribution in [0.4, 0.5) is 10.6 Å². The third-order valence-corrected chi connectivity index (χ3v) is 6.11. The van der Waals surface area contributed by atoms with Gasteiger partial charge in [0.15, 0.2) is 0 Å². The molecule has 1 saturated carbocycles. The number of anilines is 1. The van der Waals surface area contributed by atoms with Crippen molar-refractivity contribution in [2.24, 2.45) is 0 Å². The minimum Gasteiger partial charge on any atom is -0.376 e. The molecule has 1 aromatic rings. The number of hydrogen-bond donors (Lipinski definition) is 1. The van der Waals surface area contributed by atoms with Gasteiger partial charge in [-0.3, -0.25) is 0 Å². The summed E-state index contributed by atoms with van der Waals surface area (Å²) in [6, 6.07) is 4.46. The quantitative estimate of drug-likeness (QED) is 0.915. The number of ether oxygens (including phenoxy) is 1. The lowest BCUT2D eigenvalue weighted by Crippen LogP contribution is -2.49. The Hall–Kier alpha value is -1.82. The van der Waals surface area contributed by atoms with Crippen molar-refractivity contribution in [3.05, 3.63) is 23.9 Å². The van der Waals surface area contributed by atoms with Gasteiger partial charge in [-0.1, -0.05) is 18.9 Å². The molecular formula is C19H28N4O2. The fourth-order valence-electron chi connectivity index (χ4n) is 4.62. The number of rotatable bonds is 3. The highest BCUT2D eigenvalue weighted by Gasteiger charge is 2.36. The van der Waals surface area contributed by atoms with E-state index in [1.807, 2.05) is 17.2 Å². The molecule has 3 aliphatic rings. The zero-order chi connectivity index (χ0) is 17.3. The molecule has 6 nitrogen and oxygen atoms in total. The summed E-state index contributed by atoms with van der Waals surface area (Å²) in [6.07, 6.45) is 8.59. The van der Waals surface area contributed by atoms with Gasteiger partial charge in [0.05, 0.1) is 12.1 Å². The number of pyridine rings is 1. The third-order valence-electron chi connectivity index (χ3n) is 6.11. The maximum absolute atomic E-state index is 12.9. The largest absolute Gasteiger partial charge is 0.376 e. The van der Waals surface area contributed by atoms with E-state index in [9.17, 15) is 4.79 Å². The van der Waals surface area contributed by atoms with Crippen molar-refractivity contribution in [3.63, 3.8) is 0 Å². The lowest BCUT2D eigenvalue weighted by Gasteiger charge is -2.30. The predicted molar refractivity (Wildman–Crippen MR) is 96.6 cm³/mol. The number of aromatic nitrogens is 1. The molecular weight excluding hydrogens is 316 g/mol. The van der Waals surface area contributed by atoms with E-state index in [4.69, 9.17) is 4.74 Å². The van der Waals surface area contributed by atoms with Crippen molar-refractivity contribution in [3.8, 4) is 0 Å². The molecule has 0 spiro atoms. The van der Waals surface area contributed by atoms with Gasteiger partial charge in [0.25, 0.3) is 0 Å². The SMILES string of the molecule is COC1(CNC(=O)N2Cc3cccnc3N3CCC[C@@H]3C2)CCCC1. The number of amides is 2. The standard InChI is InChI=1S/C19H28N4O2/c1-25-19(8-2-3-9-19)14-21-18(24)22-12-15-6-4-10-20-17(15)23-11-5-7-16(23)13-22/h4,6,10,16H,2-3,5,7-9,11-14H2,1H3,(H,21,24)/t16-/m1/s1. The van der Waals surface area contributed by atoms with Crippen molar-refractivity contribution in [1.29, 1.82) is 0 Å². The molecule has 1 N–H and O–H groups in total. The van der Waals surface area contributed by atoms with E-state index < -0.39 is 0 Å². The monoisotopic (exact) mass is 344 g/mol. The number of fused-ring (bicyclic) bond motifs is 3. The predicted octanol–water partition coefficient (Wildman–Crippen LogP) is 2.53. The van der Waals surface area contributed by atoms with Gasteiger partial charge in [-0.05, 0) is 31.7 Å². The lowest BCUT2D eigenvalue weighted by atomic mass is 10.0. The molecule has 0 aromatic carbocycles. The molecule has 136 valence electrons. The highest BCUT2D eigenvalue weighted by molar-refractivity contribution is 5.75. The summed E-state index contributed by atoms with van der Waals surface area (Å²) in [6.45, 7) is 3.04. The molecule has 25 heavy (non-hydrogen) atoms. The van der Waals surface area contributed by atoms with Crippen LogP contribution in [0.25, 0.3) is 0 Å². The first-order valence-corrected chi connectivity index (χ1v) is 9.49. The molecule has 0 unspecified atom stereocenters. The van der Waals surface area contributed by atoms with Crippen molar-refractivity contribution in [2.75, 3.05) is 31.6 Å². The molecule has 0 bridgehead atoms. The van der Waals surface area contributed by atoms with Crippen LogP contribution in [-0.4, -0.2) is 54.3 Å². The Labute approximate surface area is 149 Å². The van der Waals surface area contributed by atoms with E-state index in [0.717, 1.165) is 43.7 Å². The number of carbonyl (C=O) groups excluding carboxylic acids is 1. The Balaban J connectivity index is 1.47.